The Hall–Kier alpha value is -4.93. The van der Waals surface area contributed by atoms with Gasteiger partial charge in [0.15, 0.2) is 5.76 Å². The molecule has 4 aromatic rings. The average Bonchev–Trinajstić information content (AvgIpc) is 3.24. The molecular weight excluding hydrogens is 420 g/mol. The summed E-state index contributed by atoms with van der Waals surface area (Å²) >= 11 is 0. The average molecular weight is 432 g/mol. The lowest BCUT2D eigenvalue weighted by molar-refractivity contribution is -0.385. The number of hydrogen-bond donors (Lipinski definition) is 0. The summed E-state index contributed by atoms with van der Waals surface area (Å²) < 4.78 is 5.94. The zero-order valence-corrected chi connectivity index (χ0v) is 16.1. The van der Waals surface area contributed by atoms with Crippen molar-refractivity contribution in [2.75, 3.05) is 0 Å². The van der Waals surface area contributed by atoms with Crippen LogP contribution in [-0.2, 0) is 0 Å². The first-order valence-electron chi connectivity index (χ1n) is 9.09. The second-order valence-electron chi connectivity index (χ2n) is 6.61. The maximum atomic E-state index is 11.0. The summed E-state index contributed by atoms with van der Waals surface area (Å²) in [7, 11) is 0. The van der Waals surface area contributed by atoms with Gasteiger partial charge < -0.3 is 4.42 Å². The molecule has 0 atom stereocenters. The Kier molecular flexibility index (Phi) is 5.13. The summed E-state index contributed by atoms with van der Waals surface area (Å²) in [5.41, 5.74) is 1.59. The molecule has 0 bridgehead atoms. The number of aromatic nitrogens is 1. The zero-order chi connectivity index (χ0) is 22.8. The summed E-state index contributed by atoms with van der Waals surface area (Å²) in [5, 5.41) is 32.8. The maximum absolute atomic E-state index is 11.0. The Balaban J connectivity index is 1.83. The molecule has 0 unspecified atom stereocenters. The van der Waals surface area contributed by atoms with Gasteiger partial charge in [0.1, 0.15) is 5.69 Å². The molecule has 0 saturated carbocycles. The molecule has 11 heteroatoms. The Morgan fingerprint density at radius 3 is 1.34 bits per heavy atom. The molecule has 0 aliphatic carbocycles. The molecule has 0 N–H and O–H groups in total. The number of nitrogens with zero attached hydrogens (tertiary/aromatic N) is 4. The van der Waals surface area contributed by atoms with Gasteiger partial charge in [-0.25, -0.2) is 4.98 Å². The second kappa shape index (κ2) is 8.07. The van der Waals surface area contributed by atoms with E-state index < -0.39 is 14.8 Å². The van der Waals surface area contributed by atoms with Crippen LogP contribution in [-0.4, -0.2) is 19.8 Å². The maximum Gasteiger partial charge on any atom is 0.269 e. The van der Waals surface area contributed by atoms with Crippen LogP contribution >= 0.6 is 0 Å². The molecule has 158 valence electrons. The molecule has 0 spiro atoms. The van der Waals surface area contributed by atoms with Crippen molar-refractivity contribution in [1.29, 1.82) is 0 Å². The number of non-ortho nitro benzene ring substituents is 3. The lowest BCUT2D eigenvalue weighted by Gasteiger charge is -2.02. The number of hydrogen-bond acceptors (Lipinski definition) is 8. The van der Waals surface area contributed by atoms with Crippen LogP contribution < -0.4 is 0 Å². The van der Waals surface area contributed by atoms with Crippen molar-refractivity contribution in [2.24, 2.45) is 0 Å². The first-order valence-corrected chi connectivity index (χ1v) is 9.09. The molecule has 1 heterocycles. The molecular formula is C21H12N4O7. The van der Waals surface area contributed by atoms with Gasteiger partial charge in [0.25, 0.3) is 17.1 Å². The van der Waals surface area contributed by atoms with E-state index in [1.54, 1.807) is 0 Å². The molecule has 0 amide bonds. The fourth-order valence-electron chi connectivity index (χ4n) is 3.04. The van der Waals surface area contributed by atoms with Gasteiger partial charge in [-0.2, -0.15) is 0 Å². The molecule has 1 aromatic heterocycles. The summed E-state index contributed by atoms with van der Waals surface area (Å²) in [4.78, 5) is 35.7. The highest BCUT2D eigenvalue weighted by Gasteiger charge is 2.20. The van der Waals surface area contributed by atoms with Crippen molar-refractivity contribution in [3.63, 3.8) is 0 Å². The van der Waals surface area contributed by atoms with Crippen molar-refractivity contribution < 1.29 is 19.2 Å². The van der Waals surface area contributed by atoms with Gasteiger partial charge in [-0.3, -0.25) is 30.3 Å². The quantitative estimate of drug-likeness (QED) is 0.289. The monoisotopic (exact) mass is 432 g/mol. The smallest absolute Gasteiger partial charge is 0.269 e. The van der Waals surface area contributed by atoms with Crippen molar-refractivity contribution in [3.05, 3.63) is 103 Å². The van der Waals surface area contributed by atoms with Crippen LogP contribution in [0.3, 0.4) is 0 Å². The number of nitro groups is 3. The van der Waals surface area contributed by atoms with Crippen molar-refractivity contribution >= 4 is 17.1 Å². The van der Waals surface area contributed by atoms with Gasteiger partial charge in [0.05, 0.1) is 14.8 Å². The molecule has 11 nitrogen and oxygen atoms in total. The normalized spacial score (nSPS) is 10.6. The molecule has 0 radical (unpaired) electrons. The lowest BCUT2D eigenvalue weighted by atomic mass is 10.1. The Bertz CT molecular complexity index is 1250. The van der Waals surface area contributed by atoms with Crippen LogP contribution in [0.25, 0.3) is 34.0 Å². The molecule has 3 aromatic carbocycles. The lowest BCUT2D eigenvalue weighted by Crippen LogP contribution is -1.89. The molecule has 0 aliphatic heterocycles. The highest BCUT2D eigenvalue weighted by molar-refractivity contribution is 5.79. The van der Waals surface area contributed by atoms with E-state index in [1.165, 1.54) is 72.8 Å². The summed E-state index contributed by atoms with van der Waals surface area (Å²) in [6.07, 6.45) is 0. The van der Waals surface area contributed by atoms with E-state index in [1.807, 2.05) is 0 Å². The summed E-state index contributed by atoms with van der Waals surface area (Å²) in [6.45, 7) is 0. The Morgan fingerprint density at radius 1 is 0.562 bits per heavy atom. The fourth-order valence-corrected chi connectivity index (χ4v) is 3.04. The molecule has 0 fully saturated rings. The predicted octanol–water partition coefficient (Wildman–Crippen LogP) is 5.40. The van der Waals surface area contributed by atoms with Gasteiger partial charge in [0.2, 0.25) is 5.89 Å². The van der Waals surface area contributed by atoms with Crippen LogP contribution in [0.15, 0.2) is 77.2 Å². The van der Waals surface area contributed by atoms with Crippen LogP contribution in [0, 0.1) is 30.3 Å². The molecule has 4 rings (SSSR count). The zero-order valence-electron chi connectivity index (χ0n) is 16.1. The fraction of sp³-hybridized carbons (Fsp3) is 0. The van der Waals surface area contributed by atoms with Crippen LogP contribution in [0.2, 0.25) is 0 Å². The van der Waals surface area contributed by atoms with Gasteiger partial charge in [-0.15, -0.1) is 0 Å². The molecule has 0 aliphatic rings. The van der Waals surface area contributed by atoms with E-state index in [0.29, 0.717) is 28.1 Å². The van der Waals surface area contributed by atoms with E-state index in [-0.39, 0.29) is 23.0 Å². The number of rotatable bonds is 6. The minimum atomic E-state index is -0.524. The predicted molar refractivity (Wildman–Crippen MR) is 113 cm³/mol. The first-order chi connectivity index (χ1) is 15.3. The van der Waals surface area contributed by atoms with Gasteiger partial charge >= 0.3 is 0 Å². The van der Waals surface area contributed by atoms with Gasteiger partial charge in [-0.1, -0.05) is 0 Å². The van der Waals surface area contributed by atoms with Crippen LogP contribution in [0.5, 0.6) is 0 Å². The highest BCUT2D eigenvalue weighted by atomic mass is 16.6. The number of nitro benzene ring substituents is 3. The van der Waals surface area contributed by atoms with E-state index in [4.69, 9.17) is 4.42 Å². The largest absolute Gasteiger partial charge is 0.435 e. The van der Waals surface area contributed by atoms with Crippen LogP contribution in [0.1, 0.15) is 0 Å². The van der Waals surface area contributed by atoms with E-state index in [9.17, 15) is 30.3 Å². The standard InChI is InChI=1S/C21H12N4O7/c26-23(27)16-7-1-13(2-8-16)19-20(14-3-9-17(10-4-14)24(28)29)32-21(22-19)15-5-11-18(12-6-15)25(30)31/h1-12H. The third kappa shape index (κ3) is 3.89. The third-order valence-corrected chi connectivity index (χ3v) is 4.64. The van der Waals surface area contributed by atoms with Gasteiger partial charge in [-0.05, 0) is 36.4 Å². The minimum Gasteiger partial charge on any atom is -0.435 e. The summed E-state index contributed by atoms with van der Waals surface area (Å²) in [6, 6.07) is 17.0. The van der Waals surface area contributed by atoms with Crippen molar-refractivity contribution in [1.82, 2.24) is 4.98 Å². The first kappa shape index (κ1) is 20.3. The summed E-state index contributed by atoms with van der Waals surface area (Å²) in [5.74, 6) is 0.462. The molecule has 0 saturated heterocycles. The third-order valence-electron chi connectivity index (χ3n) is 4.64. The topological polar surface area (TPSA) is 155 Å². The highest BCUT2D eigenvalue weighted by Crippen LogP contribution is 2.37. The van der Waals surface area contributed by atoms with Gasteiger partial charge in [0, 0.05) is 53.1 Å². The Labute approximate surface area is 179 Å². The van der Waals surface area contributed by atoms with Crippen LogP contribution in [0.4, 0.5) is 17.1 Å². The number of benzene rings is 3. The van der Waals surface area contributed by atoms with E-state index in [2.05, 4.69) is 4.98 Å². The Morgan fingerprint density at radius 2 is 0.938 bits per heavy atom. The van der Waals surface area contributed by atoms with E-state index >= 15 is 0 Å². The van der Waals surface area contributed by atoms with Crippen molar-refractivity contribution in [3.8, 4) is 34.0 Å². The minimum absolute atomic E-state index is 0.0912. The SMILES string of the molecule is O=[N+]([O-])c1ccc(-c2nc(-c3ccc([N+](=O)[O-])cc3)c(-c3ccc([N+](=O)[O-])cc3)o2)cc1. The van der Waals surface area contributed by atoms with Crippen molar-refractivity contribution in [2.45, 2.75) is 0 Å². The molecule has 32 heavy (non-hydrogen) atoms. The second-order valence-corrected chi connectivity index (χ2v) is 6.61. The van der Waals surface area contributed by atoms with E-state index in [0.717, 1.165) is 0 Å². The number of oxazole rings is 1.